The first kappa shape index (κ1) is 9.34. The van der Waals surface area contributed by atoms with Crippen LogP contribution in [0, 0.1) is 6.92 Å². The van der Waals surface area contributed by atoms with Gasteiger partial charge in [0.25, 0.3) is 0 Å². The summed E-state index contributed by atoms with van der Waals surface area (Å²) in [5, 5.41) is 0. The molecule has 0 unspecified atom stereocenters. The van der Waals surface area contributed by atoms with Gasteiger partial charge >= 0.3 is 0 Å². The Hall–Kier alpha value is -1.89. The van der Waals surface area contributed by atoms with Crippen molar-refractivity contribution < 1.29 is 0 Å². The Bertz CT molecular complexity index is 550. The first-order valence-electron chi connectivity index (χ1n) is 5.62. The number of aryl methyl sites for hydroxylation is 1. The molecule has 0 spiro atoms. The van der Waals surface area contributed by atoms with Crippen molar-refractivity contribution >= 4 is 17.6 Å². The molecule has 1 heteroatoms. The smallest absolute Gasteiger partial charge is 0.164 e. The SMILES string of the molecule is Cc1ccc([N+]2=CCc3ccccc32)cc1. The van der Waals surface area contributed by atoms with Gasteiger partial charge in [-0.05, 0) is 6.92 Å². The maximum absolute atomic E-state index is 2.27. The number of hydrogen-bond donors (Lipinski definition) is 0. The zero-order chi connectivity index (χ0) is 11.0. The fourth-order valence-electron chi connectivity index (χ4n) is 2.16. The maximum Gasteiger partial charge on any atom is 0.214 e. The summed E-state index contributed by atoms with van der Waals surface area (Å²) in [6.07, 6.45) is 3.28. The third-order valence-electron chi connectivity index (χ3n) is 3.06. The predicted octanol–water partition coefficient (Wildman–Crippen LogP) is 3.46. The van der Waals surface area contributed by atoms with E-state index in [0.717, 1.165) is 6.42 Å². The Morgan fingerprint density at radius 3 is 2.50 bits per heavy atom. The highest BCUT2D eigenvalue weighted by atomic mass is 15.0. The summed E-state index contributed by atoms with van der Waals surface area (Å²) >= 11 is 0. The van der Waals surface area contributed by atoms with E-state index in [-0.39, 0.29) is 0 Å². The number of fused-ring (bicyclic) bond motifs is 1. The van der Waals surface area contributed by atoms with Gasteiger partial charge in [0.15, 0.2) is 6.21 Å². The van der Waals surface area contributed by atoms with Crippen LogP contribution < -0.4 is 4.58 Å². The molecule has 3 rings (SSSR count). The molecule has 1 heterocycles. The lowest BCUT2D eigenvalue weighted by atomic mass is 10.1. The average Bonchev–Trinajstić information content (AvgIpc) is 2.74. The number of hydrogen-bond acceptors (Lipinski definition) is 0. The number of benzene rings is 2. The van der Waals surface area contributed by atoms with Gasteiger partial charge in [-0.2, -0.15) is 4.58 Å². The van der Waals surface area contributed by atoms with Gasteiger partial charge < -0.3 is 0 Å². The van der Waals surface area contributed by atoms with Crippen LogP contribution in [0.4, 0.5) is 11.4 Å². The lowest BCUT2D eigenvalue weighted by molar-refractivity contribution is 1.11. The molecule has 2 aromatic rings. The normalized spacial score (nSPS) is 13.4. The molecular weight excluding hydrogens is 194 g/mol. The first-order valence-corrected chi connectivity index (χ1v) is 5.62. The molecule has 16 heavy (non-hydrogen) atoms. The molecule has 1 nitrogen and oxygen atoms in total. The lowest BCUT2D eigenvalue weighted by Crippen LogP contribution is -1.99. The minimum absolute atomic E-state index is 1.03. The van der Waals surface area contributed by atoms with Crippen LogP contribution >= 0.6 is 0 Å². The Morgan fingerprint density at radius 1 is 0.938 bits per heavy atom. The van der Waals surface area contributed by atoms with E-state index in [4.69, 9.17) is 0 Å². The van der Waals surface area contributed by atoms with E-state index >= 15 is 0 Å². The van der Waals surface area contributed by atoms with Gasteiger partial charge in [-0.1, -0.05) is 35.9 Å². The summed E-state index contributed by atoms with van der Waals surface area (Å²) in [5.74, 6) is 0. The first-order chi connectivity index (χ1) is 7.84. The van der Waals surface area contributed by atoms with E-state index in [1.807, 2.05) is 0 Å². The molecule has 1 aliphatic heterocycles. The molecule has 1 aliphatic rings. The third-order valence-corrected chi connectivity index (χ3v) is 3.06. The molecule has 0 aromatic heterocycles. The molecule has 0 N–H and O–H groups in total. The summed E-state index contributed by atoms with van der Waals surface area (Å²) in [6, 6.07) is 17.2. The van der Waals surface area contributed by atoms with Crippen molar-refractivity contribution in [2.24, 2.45) is 0 Å². The molecule has 0 saturated heterocycles. The maximum atomic E-state index is 2.27. The Labute approximate surface area is 95.7 Å². The zero-order valence-electron chi connectivity index (χ0n) is 9.35. The molecular formula is C15H14N+. The minimum atomic E-state index is 1.03. The summed E-state index contributed by atoms with van der Waals surface area (Å²) in [4.78, 5) is 0. The quantitative estimate of drug-likeness (QED) is 0.631. The second kappa shape index (κ2) is 3.60. The van der Waals surface area contributed by atoms with Crippen LogP contribution in [0.3, 0.4) is 0 Å². The number of para-hydroxylation sites is 1. The van der Waals surface area contributed by atoms with Gasteiger partial charge in [0.05, 0.1) is 6.42 Å². The van der Waals surface area contributed by atoms with Crippen molar-refractivity contribution in [3.8, 4) is 0 Å². The van der Waals surface area contributed by atoms with Gasteiger partial charge in [0.2, 0.25) is 11.4 Å². The van der Waals surface area contributed by atoms with Gasteiger partial charge in [0.1, 0.15) is 0 Å². The number of nitrogens with zero attached hydrogens (tertiary/aromatic N) is 1. The van der Waals surface area contributed by atoms with Crippen LogP contribution in [-0.4, -0.2) is 6.21 Å². The molecule has 0 atom stereocenters. The van der Waals surface area contributed by atoms with E-state index in [1.54, 1.807) is 0 Å². The molecule has 0 fully saturated rings. The van der Waals surface area contributed by atoms with Crippen molar-refractivity contribution in [3.05, 3.63) is 59.7 Å². The largest absolute Gasteiger partial charge is 0.214 e. The van der Waals surface area contributed by atoms with Gasteiger partial charge in [0, 0.05) is 23.8 Å². The van der Waals surface area contributed by atoms with Crippen molar-refractivity contribution in [3.63, 3.8) is 0 Å². The van der Waals surface area contributed by atoms with Crippen LogP contribution in [0.5, 0.6) is 0 Å². The molecule has 2 aromatic carbocycles. The lowest BCUT2D eigenvalue weighted by Gasteiger charge is -1.99. The summed E-state index contributed by atoms with van der Waals surface area (Å²) < 4.78 is 2.27. The van der Waals surface area contributed by atoms with Crippen LogP contribution in [0.15, 0.2) is 48.5 Å². The van der Waals surface area contributed by atoms with Crippen LogP contribution in [-0.2, 0) is 6.42 Å². The second-order valence-electron chi connectivity index (χ2n) is 4.22. The van der Waals surface area contributed by atoms with Crippen LogP contribution in [0.1, 0.15) is 11.1 Å². The summed E-state index contributed by atoms with van der Waals surface area (Å²) in [7, 11) is 0. The van der Waals surface area contributed by atoms with Crippen molar-refractivity contribution in [2.45, 2.75) is 13.3 Å². The average molecular weight is 208 g/mol. The molecule has 0 radical (unpaired) electrons. The standard InChI is InChI=1S/C15H14N/c1-12-6-8-14(9-7-12)16-11-10-13-4-2-3-5-15(13)16/h2-9,11H,10H2,1H3/q+1. The van der Waals surface area contributed by atoms with Crippen LogP contribution in [0.2, 0.25) is 0 Å². The monoisotopic (exact) mass is 208 g/mol. The fraction of sp³-hybridized carbons (Fsp3) is 0.133. The Kier molecular flexibility index (Phi) is 2.10. The minimum Gasteiger partial charge on any atom is -0.164 e. The summed E-state index contributed by atoms with van der Waals surface area (Å²) in [5.41, 5.74) is 5.27. The molecule has 78 valence electrons. The van der Waals surface area contributed by atoms with E-state index in [2.05, 4.69) is 66.2 Å². The topological polar surface area (TPSA) is 3.01 Å². The second-order valence-corrected chi connectivity index (χ2v) is 4.22. The van der Waals surface area contributed by atoms with E-state index < -0.39 is 0 Å². The number of rotatable bonds is 1. The highest BCUT2D eigenvalue weighted by Crippen LogP contribution is 2.27. The van der Waals surface area contributed by atoms with Crippen molar-refractivity contribution in [2.75, 3.05) is 0 Å². The van der Waals surface area contributed by atoms with E-state index in [0.29, 0.717) is 0 Å². The van der Waals surface area contributed by atoms with Crippen LogP contribution in [0.25, 0.3) is 0 Å². The molecule has 0 aliphatic carbocycles. The molecule has 0 bridgehead atoms. The Balaban J connectivity index is 2.07. The van der Waals surface area contributed by atoms with Gasteiger partial charge in [-0.3, -0.25) is 0 Å². The highest BCUT2D eigenvalue weighted by Gasteiger charge is 2.22. The molecule has 0 amide bonds. The molecule has 0 saturated carbocycles. The Morgan fingerprint density at radius 2 is 1.69 bits per heavy atom. The van der Waals surface area contributed by atoms with E-state index in [1.165, 1.54) is 22.5 Å². The third kappa shape index (κ3) is 1.45. The van der Waals surface area contributed by atoms with Crippen molar-refractivity contribution in [1.82, 2.24) is 4.58 Å². The predicted molar refractivity (Wildman–Crippen MR) is 68.8 cm³/mol. The summed E-state index contributed by atoms with van der Waals surface area (Å²) in [6.45, 7) is 2.12. The highest BCUT2D eigenvalue weighted by molar-refractivity contribution is 5.81. The van der Waals surface area contributed by atoms with Gasteiger partial charge in [-0.25, -0.2) is 0 Å². The van der Waals surface area contributed by atoms with E-state index in [9.17, 15) is 0 Å². The van der Waals surface area contributed by atoms with Gasteiger partial charge in [-0.15, -0.1) is 0 Å². The fourth-order valence-corrected chi connectivity index (χ4v) is 2.16. The zero-order valence-corrected chi connectivity index (χ0v) is 9.35. The van der Waals surface area contributed by atoms with Crippen molar-refractivity contribution in [1.29, 1.82) is 0 Å².